The molecular formula is C32H33N7O4. The van der Waals surface area contributed by atoms with Crippen LogP contribution in [0.1, 0.15) is 45.2 Å². The van der Waals surface area contributed by atoms with Crippen LogP contribution in [-0.2, 0) is 6.54 Å². The van der Waals surface area contributed by atoms with Crippen molar-refractivity contribution < 1.29 is 19.1 Å². The Morgan fingerprint density at radius 1 is 0.744 bits per heavy atom. The lowest BCUT2D eigenvalue weighted by Crippen LogP contribution is -2.30. The molecule has 11 nitrogen and oxygen atoms in total. The quantitative estimate of drug-likeness (QED) is 0.188. The number of unbranched alkanes of at least 4 members (excludes halogenated alkanes) is 1. The Labute approximate surface area is 249 Å². The molecule has 0 atom stereocenters. The van der Waals surface area contributed by atoms with Gasteiger partial charge in [-0.25, -0.2) is 19.9 Å². The number of imide groups is 1. The highest BCUT2D eigenvalue weighted by Crippen LogP contribution is 2.24. The predicted molar refractivity (Wildman–Crippen MR) is 161 cm³/mol. The van der Waals surface area contributed by atoms with Crippen LogP contribution in [-0.4, -0.2) is 67.0 Å². The van der Waals surface area contributed by atoms with Crippen molar-refractivity contribution >= 4 is 11.8 Å². The van der Waals surface area contributed by atoms with Gasteiger partial charge in [0.1, 0.15) is 11.6 Å². The number of H-pyrrole nitrogens is 1. The van der Waals surface area contributed by atoms with Gasteiger partial charge in [-0.1, -0.05) is 12.1 Å². The number of aromatic amines is 1. The van der Waals surface area contributed by atoms with E-state index < -0.39 is 0 Å². The molecule has 1 N–H and O–H groups in total. The van der Waals surface area contributed by atoms with E-state index in [0.29, 0.717) is 29.4 Å². The van der Waals surface area contributed by atoms with Crippen LogP contribution in [0.5, 0.6) is 11.8 Å². The van der Waals surface area contributed by atoms with Crippen LogP contribution in [0.3, 0.4) is 0 Å². The molecule has 0 radical (unpaired) electrons. The number of benzene rings is 1. The van der Waals surface area contributed by atoms with Crippen molar-refractivity contribution in [3.8, 4) is 34.3 Å². The largest absolute Gasteiger partial charge is 0.481 e. The first kappa shape index (κ1) is 29.2. The molecule has 0 spiro atoms. The Hall–Kier alpha value is -5.32. The highest BCUT2D eigenvalue weighted by atomic mass is 16.5. The monoisotopic (exact) mass is 579 g/mol. The van der Waals surface area contributed by atoms with Crippen molar-refractivity contribution in [1.29, 1.82) is 0 Å². The van der Waals surface area contributed by atoms with Gasteiger partial charge in [-0.2, -0.15) is 0 Å². The zero-order valence-corrected chi connectivity index (χ0v) is 24.6. The van der Waals surface area contributed by atoms with E-state index in [1.165, 1.54) is 4.90 Å². The number of nitrogens with one attached hydrogen (secondary N) is 1. The molecule has 1 aliphatic rings. The normalized spacial score (nSPS) is 12.1. The maximum absolute atomic E-state index is 12.4. The van der Waals surface area contributed by atoms with E-state index in [0.717, 1.165) is 53.5 Å². The summed E-state index contributed by atoms with van der Waals surface area (Å²) in [7, 11) is 3.19. The van der Waals surface area contributed by atoms with Crippen molar-refractivity contribution in [2.45, 2.75) is 33.2 Å². The SMILES string of the molecule is COc1ccc(-c2cn(CCCCN3C(=O)c4ccccc4C3=O)c(C)n2)cn1.COc1ccc(-c2cnc(C)[nH]2)cn1. The summed E-state index contributed by atoms with van der Waals surface area (Å²) in [6.07, 6.45) is 8.87. The van der Waals surface area contributed by atoms with Crippen LogP contribution in [0.15, 0.2) is 73.3 Å². The molecule has 0 aliphatic carbocycles. The summed E-state index contributed by atoms with van der Waals surface area (Å²) >= 11 is 0. The first-order valence-corrected chi connectivity index (χ1v) is 13.9. The number of aryl methyl sites for hydroxylation is 3. The second-order valence-electron chi connectivity index (χ2n) is 9.94. The number of ether oxygens (including phenoxy) is 2. The van der Waals surface area contributed by atoms with E-state index in [4.69, 9.17) is 9.47 Å². The Kier molecular flexibility index (Phi) is 8.90. The molecule has 11 heteroatoms. The number of hydrogen-bond acceptors (Lipinski definition) is 8. The molecule has 0 unspecified atom stereocenters. The first-order chi connectivity index (χ1) is 20.9. The van der Waals surface area contributed by atoms with Crippen LogP contribution in [0.25, 0.3) is 22.5 Å². The molecular weight excluding hydrogens is 546 g/mol. The number of aromatic nitrogens is 6. The molecule has 43 heavy (non-hydrogen) atoms. The second-order valence-corrected chi connectivity index (χ2v) is 9.94. The molecule has 5 aromatic rings. The van der Waals surface area contributed by atoms with Gasteiger partial charge < -0.3 is 19.0 Å². The zero-order chi connectivity index (χ0) is 30.3. The number of pyridine rings is 2. The van der Waals surface area contributed by atoms with Crippen LogP contribution < -0.4 is 9.47 Å². The topological polar surface area (TPSA) is 128 Å². The van der Waals surface area contributed by atoms with Gasteiger partial charge in [0.25, 0.3) is 11.8 Å². The number of imidazole rings is 2. The van der Waals surface area contributed by atoms with Crippen LogP contribution in [0.4, 0.5) is 0 Å². The molecule has 5 heterocycles. The zero-order valence-electron chi connectivity index (χ0n) is 24.6. The number of fused-ring (bicyclic) bond motifs is 1. The van der Waals surface area contributed by atoms with Crippen molar-refractivity contribution in [2.75, 3.05) is 20.8 Å². The highest BCUT2D eigenvalue weighted by molar-refractivity contribution is 6.21. The minimum atomic E-state index is -0.196. The molecule has 0 fully saturated rings. The smallest absolute Gasteiger partial charge is 0.261 e. The van der Waals surface area contributed by atoms with Gasteiger partial charge in [0.2, 0.25) is 11.8 Å². The lowest BCUT2D eigenvalue weighted by Gasteiger charge is -2.13. The average Bonchev–Trinajstić information content (AvgIpc) is 3.72. The number of amides is 2. The molecule has 4 aromatic heterocycles. The Bertz CT molecular complexity index is 1670. The number of carbonyl (C=O) groups excluding carboxylic acids is 2. The molecule has 220 valence electrons. The van der Waals surface area contributed by atoms with Crippen LogP contribution in [0.2, 0.25) is 0 Å². The third-order valence-corrected chi connectivity index (χ3v) is 7.09. The fourth-order valence-corrected chi connectivity index (χ4v) is 4.75. The van der Waals surface area contributed by atoms with E-state index >= 15 is 0 Å². The van der Waals surface area contributed by atoms with Crippen molar-refractivity contribution in [1.82, 2.24) is 34.4 Å². The summed E-state index contributed by atoms with van der Waals surface area (Å²) in [6, 6.07) is 14.5. The number of nitrogens with zero attached hydrogens (tertiary/aromatic N) is 6. The first-order valence-electron chi connectivity index (χ1n) is 13.9. The molecule has 1 aromatic carbocycles. The fraction of sp³-hybridized carbons (Fsp3) is 0.250. The summed E-state index contributed by atoms with van der Waals surface area (Å²) in [6.45, 7) is 5.08. The second kappa shape index (κ2) is 13.1. The maximum Gasteiger partial charge on any atom is 0.261 e. The summed E-state index contributed by atoms with van der Waals surface area (Å²) in [5, 5.41) is 0. The molecule has 2 amide bonds. The van der Waals surface area contributed by atoms with E-state index in [9.17, 15) is 9.59 Å². The van der Waals surface area contributed by atoms with Crippen molar-refractivity contribution in [3.63, 3.8) is 0 Å². The van der Waals surface area contributed by atoms with Crippen molar-refractivity contribution in [2.24, 2.45) is 0 Å². The van der Waals surface area contributed by atoms with Gasteiger partial charge in [0, 0.05) is 54.9 Å². The number of hydrogen-bond donors (Lipinski definition) is 1. The van der Waals surface area contributed by atoms with E-state index in [2.05, 4.69) is 29.5 Å². The van der Waals surface area contributed by atoms with Gasteiger partial charge in [0.15, 0.2) is 0 Å². The van der Waals surface area contributed by atoms with E-state index in [-0.39, 0.29) is 11.8 Å². The highest BCUT2D eigenvalue weighted by Gasteiger charge is 2.34. The average molecular weight is 580 g/mol. The van der Waals surface area contributed by atoms with E-state index in [1.54, 1.807) is 57.1 Å². The summed E-state index contributed by atoms with van der Waals surface area (Å²) in [4.78, 5) is 46.4. The third kappa shape index (κ3) is 6.61. The Balaban J connectivity index is 0.000000220. The minimum absolute atomic E-state index is 0.196. The molecule has 0 bridgehead atoms. The summed E-state index contributed by atoms with van der Waals surface area (Å²) < 4.78 is 12.1. The summed E-state index contributed by atoms with van der Waals surface area (Å²) in [5.74, 6) is 2.60. The van der Waals surface area contributed by atoms with Gasteiger partial charge in [-0.05, 0) is 51.0 Å². The Morgan fingerprint density at radius 3 is 1.88 bits per heavy atom. The summed E-state index contributed by atoms with van der Waals surface area (Å²) in [5.41, 5.74) is 4.77. The van der Waals surface area contributed by atoms with E-state index in [1.807, 2.05) is 44.3 Å². The van der Waals surface area contributed by atoms with Gasteiger partial charge in [-0.15, -0.1) is 0 Å². The van der Waals surface area contributed by atoms with Gasteiger partial charge in [-0.3, -0.25) is 14.5 Å². The number of carbonyl (C=O) groups is 2. The number of rotatable bonds is 9. The van der Waals surface area contributed by atoms with Crippen LogP contribution >= 0.6 is 0 Å². The van der Waals surface area contributed by atoms with Gasteiger partial charge >= 0.3 is 0 Å². The van der Waals surface area contributed by atoms with Crippen molar-refractivity contribution in [3.05, 3.63) is 96.1 Å². The van der Waals surface area contributed by atoms with Gasteiger partial charge in [0.05, 0.1) is 42.9 Å². The standard InChI is InChI=1S/C22H22N4O3.C10H11N3O/c1-15-24-19(16-9-10-20(29-2)23-13-16)14-25(15)11-5-6-12-26-21(27)17-7-3-4-8-18(17)22(26)28;1-7-11-6-9(13-7)8-3-4-10(14-2)12-5-8/h3-4,7-10,13-14H,5-6,11-12H2,1-2H3;3-6H,1-2H3,(H,11,13). The van der Waals surface area contributed by atoms with Crippen LogP contribution in [0, 0.1) is 13.8 Å². The third-order valence-electron chi connectivity index (χ3n) is 7.09. The molecule has 1 aliphatic heterocycles. The predicted octanol–water partition coefficient (Wildman–Crippen LogP) is 5.13. The molecule has 0 saturated heterocycles. The minimum Gasteiger partial charge on any atom is -0.481 e. The lowest BCUT2D eigenvalue weighted by atomic mass is 10.1. The maximum atomic E-state index is 12.4. The number of methoxy groups -OCH3 is 2. The molecule has 6 rings (SSSR count). The lowest BCUT2D eigenvalue weighted by molar-refractivity contribution is 0.0651. The fourth-order valence-electron chi connectivity index (χ4n) is 4.75. The Morgan fingerprint density at radius 2 is 1.35 bits per heavy atom. The molecule has 0 saturated carbocycles.